The van der Waals surface area contributed by atoms with Gasteiger partial charge >= 0.3 is 0 Å². The zero-order chi connectivity index (χ0) is 18.0. The van der Waals surface area contributed by atoms with Gasteiger partial charge in [-0.1, -0.05) is 34.1 Å². The molecule has 0 spiro atoms. The number of pyridine rings is 2. The van der Waals surface area contributed by atoms with Crippen molar-refractivity contribution in [2.75, 3.05) is 0 Å². The average Bonchev–Trinajstić information content (AvgIpc) is 2.85. The first-order chi connectivity index (χ1) is 12.0. The molecule has 0 amide bonds. The van der Waals surface area contributed by atoms with Crippen molar-refractivity contribution in [1.82, 2.24) is 9.97 Å². The molecule has 0 fully saturated rings. The van der Waals surface area contributed by atoms with Gasteiger partial charge in [-0.25, -0.2) is 0 Å². The molecule has 1 aliphatic carbocycles. The minimum atomic E-state index is 0.244. The summed E-state index contributed by atoms with van der Waals surface area (Å²) in [5, 5.41) is 9.95. The second kappa shape index (κ2) is 7.35. The van der Waals surface area contributed by atoms with Gasteiger partial charge in [0.1, 0.15) is 6.07 Å². The van der Waals surface area contributed by atoms with Crippen molar-refractivity contribution in [3.8, 4) is 17.2 Å². The van der Waals surface area contributed by atoms with E-state index in [2.05, 4.69) is 50.9 Å². The third-order valence-corrected chi connectivity index (χ3v) is 5.07. The second-order valence-electron chi connectivity index (χ2n) is 7.62. The molecule has 25 heavy (non-hydrogen) atoms. The van der Waals surface area contributed by atoms with Crippen molar-refractivity contribution >= 4 is 0 Å². The molecule has 0 bridgehead atoms. The van der Waals surface area contributed by atoms with E-state index in [1.54, 1.807) is 0 Å². The molecule has 0 saturated carbocycles. The lowest BCUT2D eigenvalue weighted by atomic mass is 9.88. The molecule has 1 aliphatic rings. The summed E-state index contributed by atoms with van der Waals surface area (Å²) in [5.74, 6) is 0.615. The van der Waals surface area contributed by atoms with Crippen molar-refractivity contribution in [2.24, 2.45) is 0 Å². The summed E-state index contributed by atoms with van der Waals surface area (Å²) >= 11 is 0. The Labute approximate surface area is 151 Å². The topological polar surface area (TPSA) is 49.6 Å². The minimum Gasteiger partial charge on any atom is -0.261 e. The van der Waals surface area contributed by atoms with Crippen LogP contribution in [0.15, 0.2) is 18.3 Å². The van der Waals surface area contributed by atoms with Gasteiger partial charge in [-0.15, -0.1) is 0 Å². The number of nitriles is 1. The van der Waals surface area contributed by atoms with Crippen molar-refractivity contribution in [2.45, 2.75) is 71.6 Å². The SMILES string of the molecule is CC(C)c1cc(-c2c(C#N)c(C(C)C)nc3c2CCCCC3)ccn1. The molecule has 0 saturated heterocycles. The predicted octanol–water partition coefficient (Wildman–Crippen LogP) is 5.53. The number of hydrogen-bond donors (Lipinski definition) is 0. The van der Waals surface area contributed by atoms with Crippen molar-refractivity contribution in [1.29, 1.82) is 5.26 Å². The Morgan fingerprint density at radius 1 is 1.04 bits per heavy atom. The fourth-order valence-corrected chi connectivity index (χ4v) is 3.71. The van der Waals surface area contributed by atoms with Gasteiger partial charge in [0.2, 0.25) is 0 Å². The third-order valence-electron chi connectivity index (χ3n) is 5.07. The van der Waals surface area contributed by atoms with Gasteiger partial charge in [0, 0.05) is 23.1 Å². The van der Waals surface area contributed by atoms with Crippen LogP contribution in [0.25, 0.3) is 11.1 Å². The molecule has 0 radical (unpaired) electrons. The summed E-state index contributed by atoms with van der Waals surface area (Å²) in [5.41, 5.74) is 7.52. The number of rotatable bonds is 3. The van der Waals surface area contributed by atoms with Crippen LogP contribution in [0.5, 0.6) is 0 Å². The van der Waals surface area contributed by atoms with Gasteiger partial charge in [0.25, 0.3) is 0 Å². The summed E-state index contributed by atoms with van der Waals surface area (Å²) in [6.45, 7) is 8.57. The van der Waals surface area contributed by atoms with Crippen LogP contribution in [-0.2, 0) is 12.8 Å². The van der Waals surface area contributed by atoms with E-state index in [4.69, 9.17) is 4.98 Å². The third kappa shape index (κ3) is 3.44. The maximum Gasteiger partial charge on any atom is 0.102 e. The standard InChI is InChI=1S/C22H27N3/c1-14(2)20-12-16(10-11-24-20)21-17-8-6-5-7-9-19(17)25-22(15(3)4)18(21)13-23/h10-12,14-15H,5-9H2,1-4H3. The highest BCUT2D eigenvalue weighted by Gasteiger charge is 2.23. The molecule has 0 unspecified atom stereocenters. The quantitative estimate of drug-likeness (QED) is 0.694. The largest absolute Gasteiger partial charge is 0.261 e. The predicted molar refractivity (Wildman–Crippen MR) is 102 cm³/mol. The Hall–Kier alpha value is -2.21. The molecular formula is C22H27N3. The molecule has 0 atom stereocenters. The van der Waals surface area contributed by atoms with E-state index in [0.29, 0.717) is 5.92 Å². The highest BCUT2D eigenvalue weighted by molar-refractivity contribution is 5.76. The van der Waals surface area contributed by atoms with Crippen LogP contribution in [-0.4, -0.2) is 9.97 Å². The second-order valence-corrected chi connectivity index (χ2v) is 7.62. The highest BCUT2D eigenvalue weighted by atomic mass is 14.7. The van der Waals surface area contributed by atoms with E-state index in [1.807, 2.05) is 6.20 Å². The van der Waals surface area contributed by atoms with Crippen LogP contribution in [0.4, 0.5) is 0 Å². The van der Waals surface area contributed by atoms with E-state index in [0.717, 1.165) is 40.9 Å². The van der Waals surface area contributed by atoms with E-state index in [1.165, 1.54) is 30.5 Å². The lowest BCUT2D eigenvalue weighted by molar-refractivity contribution is 0.706. The summed E-state index contributed by atoms with van der Waals surface area (Å²) in [6.07, 6.45) is 7.53. The molecule has 3 heteroatoms. The molecule has 3 rings (SSSR count). The van der Waals surface area contributed by atoms with Crippen LogP contribution in [0, 0.1) is 11.3 Å². The number of nitrogens with zero attached hydrogens (tertiary/aromatic N) is 3. The normalized spacial score (nSPS) is 14.3. The molecule has 130 valence electrons. The Morgan fingerprint density at radius 2 is 1.80 bits per heavy atom. The van der Waals surface area contributed by atoms with Gasteiger partial charge in [-0.2, -0.15) is 5.26 Å². The van der Waals surface area contributed by atoms with Crippen LogP contribution >= 0.6 is 0 Å². The number of hydrogen-bond acceptors (Lipinski definition) is 3. The number of aromatic nitrogens is 2. The summed E-state index contributed by atoms with van der Waals surface area (Å²) in [6, 6.07) is 6.70. The van der Waals surface area contributed by atoms with Crippen LogP contribution in [0.1, 0.15) is 87.0 Å². The van der Waals surface area contributed by atoms with Crippen molar-refractivity contribution < 1.29 is 0 Å². The lowest BCUT2D eigenvalue weighted by Crippen LogP contribution is -2.09. The van der Waals surface area contributed by atoms with E-state index in [9.17, 15) is 5.26 Å². The Bertz CT molecular complexity index is 813. The van der Waals surface area contributed by atoms with Crippen LogP contribution in [0.2, 0.25) is 0 Å². The monoisotopic (exact) mass is 333 g/mol. The maximum absolute atomic E-state index is 9.95. The van der Waals surface area contributed by atoms with Crippen molar-refractivity contribution in [3.05, 3.63) is 46.5 Å². The molecule has 0 N–H and O–H groups in total. The Morgan fingerprint density at radius 3 is 2.48 bits per heavy atom. The maximum atomic E-state index is 9.95. The van der Waals surface area contributed by atoms with E-state index >= 15 is 0 Å². The van der Waals surface area contributed by atoms with Crippen molar-refractivity contribution in [3.63, 3.8) is 0 Å². The fraction of sp³-hybridized carbons (Fsp3) is 0.500. The molecular weight excluding hydrogens is 306 g/mol. The zero-order valence-electron chi connectivity index (χ0n) is 15.8. The van der Waals surface area contributed by atoms with Gasteiger partial charge in [-0.05, 0) is 60.8 Å². The molecule has 0 aromatic carbocycles. The molecule has 2 aromatic heterocycles. The zero-order valence-corrected chi connectivity index (χ0v) is 15.8. The van der Waals surface area contributed by atoms with Gasteiger partial charge in [-0.3, -0.25) is 9.97 Å². The summed E-state index contributed by atoms with van der Waals surface area (Å²) < 4.78 is 0. The first-order valence-corrected chi connectivity index (χ1v) is 9.45. The summed E-state index contributed by atoms with van der Waals surface area (Å²) in [4.78, 5) is 9.46. The smallest absolute Gasteiger partial charge is 0.102 e. The molecule has 2 heterocycles. The first kappa shape index (κ1) is 17.6. The fourth-order valence-electron chi connectivity index (χ4n) is 3.71. The highest BCUT2D eigenvalue weighted by Crippen LogP contribution is 2.37. The van der Waals surface area contributed by atoms with Crippen LogP contribution < -0.4 is 0 Å². The van der Waals surface area contributed by atoms with E-state index in [-0.39, 0.29) is 5.92 Å². The number of fused-ring (bicyclic) bond motifs is 1. The Kier molecular flexibility index (Phi) is 5.18. The van der Waals surface area contributed by atoms with Gasteiger partial charge in [0.15, 0.2) is 0 Å². The summed E-state index contributed by atoms with van der Waals surface area (Å²) in [7, 11) is 0. The average molecular weight is 333 g/mol. The minimum absolute atomic E-state index is 0.244. The first-order valence-electron chi connectivity index (χ1n) is 9.45. The molecule has 3 nitrogen and oxygen atoms in total. The lowest BCUT2D eigenvalue weighted by Gasteiger charge is -2.19. The number of aryl methyl sites for hydroxylation is 1. The molecule has 0 aliphatic heterocycles. The molecule has 2 aromatic rings. The van der Waals surface area contributed by atoms with Gasteiger partial charge < -0.3 is 0 Å². The van der Waals surface area contributed by atoms with E-state index < -0.39 is 0 Å². The van der Waals surface area contributed by atoms with Gasteiger partial charge in [0.05, 0.1) is 11.3 Å². The van der Waals surface area contributed by atoms with Crippen LogP contribution in [0.3, 0.4) is 0 Å². The Balaban J connectivity index is 2.31.